The van der Waals surface area contributed by atoms with Gasteiger partial charge in [0.2, 0.25) is 0 Å². The summed E-state index contributed by atoms with van der Waals surface area (Å²) in [7, 11) is 0. The second-order valence-corrected chi connectivity index (χ2v) is 15.7. The molecule has 3 nitrogen and oxygen atoms in total. The van der Waals surface area contributed by atoms with E-state index in [1.165, 1.54) is 64.2 Å². The van der Waals surface area contributed by atoms with Gasteiger partial charge >= 0.3 is 0 Å². The summed E-state index contributed by atoms with van der Waals surface area (Å²) in [5.41, 5.74) is 1.31. The smallest absolute Gasteiger partial charge is 0.158 e. The monoisotopic (exact) mass is 512 g/mol. The molecule has 0 saturated heterocycles. The van der Waals surface area contributed by atoms with Gasteiger partial charge in [0.15, 0.2) is 5.78 Å². The summed E-state index contributed by atoms with van der Waals surface area (Å²) in [6.45, 7) is 15.5. The first kappa shape index (κ1) is 27.9. The summed E-state index contributed by atoms with van der Waals surface area (Å²) in [6.07, 6.45) is 14.6. The van der Waals surface area contributed by atoms with Gasteiger partial charge in [0.1, 0.15) is 0 Å². The minimum Gasteiger partial charge on any atom is -0.392 e. The van der Waals surface area contributed by atoms with Crippen molar-refractivity contribution >= 4 is 5.78 Å². The number of fused-ring (bicyclic) bond motifs is 3. The van der Waals surface area contributed by atoms with Crippen LogP contribution in [0, 0.1) is 57.7 Å². The number of rotatable bonds is 4. The number of hydrogen-bond donors (Lipinski definition) is 2. The quantitative estimate of drug-likeness (QED) is 0.405. The third kappa shape index (κ3) is 4.23. The first-order valence-electron chi connectivity index (χ1n) is 15.9. The zero-order chi connectivity index (χ0) is 26.9. The van der Waals surface area contributed by atoms with E-state index in [4.69, 9.17) is 0 Å². The van der Waals surface area contributed by atoms with Crippen LogP contribution >= 0.6 is 0 Å². The molecule has 4 fully saturated rings. The van der Waals surface area contributed by atoms with E-state index < -0.39 is 11.5 Å². The third-order valence-electron chi connectivity index (χ3n) is 13.6. The van der Waals surface area contributed by atoms with Crippen LogP contribution in [0.25, 0.3) is 0 Å². The van der Waals surface area contributed by atoms with E-state index in [1.54, 1.807) is 6.92 Å². The Morgan fingerprint density at radius 1 is 0.973 bits per heavy atom. The number of Topliss-reactive ketones (excluding diaryl/α,β-unsaturated/α-hetero) is 1. The summed E-state index contributed by atoms with van der Waals surface area (Å²) < 4.78 is 0. The Labute approximate surface area is 227 Å². The van der Waals surface area contributed by atoms with Crippen molar-refractivity contribution in [2.75, 3.05) is 0 Å². The van der Waals surface area contributed by atoms with Crippen LogP contribution < -0.4 is 0 Å². The number of allylic oxidation sites excluding steroid dienone is 1. The van der Waals surface area contributed by atoms with E-state index in [1.807, 2.05) is 0 Å². The highest BCUT2D eigenvalue weighted by atomic mass is 16.3. The van der Waals surface area contributed by atoms with E-state index in [9.17, 15) is 15.0 Å². The topological polar surface area (TPSA) is 57.5 Å². The van der Waals surface area contributed by atoms with E-state index in [0.29, 0.717) is 23.3 Å². The Morgan fingerprint density at radius 2 is 1.65 bits per heavy atom. The highest BCUT2D eigenvalue weighted by molar-refractivity contribution is 5.95. The van der Waals surface area contributed by atoms with Gasteiger partial charge in [0, 0.05) is 11.0 Å². The molecule has 5 rings (SSSR count). The molecule has 0 aromatic rings. The minimum atomic E-state index is -0.750. The maximum Gasteiger partial charge on any atom is 0.158 e. The number of aliphatic hydroxyl groups excluding tert-OH is 2. The third-order valence-corrected chi connectivity index (χ3v) is 13.6. The number of carbonyl (C=O) groups excluding carboxylic acids is 1. The molecule has 2 N–H and O–H groups in total. The summed E-state index contributed by atoms with van der Waals surface area (Å²) in [5.74, 6) is 3.61. The Hall–Kier alpha value is -0.670. The normalized spacial score (nSPS) is 50.7. The van der Waals surface area contributed by atoms with Crippen LogP contribution in [0.1, 0.15) is 126 Å². The lowest BCUT2D eigenvalue weighted by molar-refractivity contribution is -0.244. The van der Waals surface area contributed by atoms with Gasteiger partial charge in [-0.05, 0) is 98.2 Å². The molecule has 0 radical (unpaired) electrons. The predicted molar refractivity (Wildman–Crippen MR) is 151 cm³/mol. The van der Waals surface area contributed by atoms with Crippen LogP contribution in [0.4, 0.5) is 0 Å². The molecule has 5 aliphatic rings. The molecule has 11 unspecified atom stereocenters. The van der Waals surface area contributed by atoms with Crippen molar-refractivity contribution in [3.05, 3.63) is 11.1 Å². The molecule has 0 spiro atoms. The highest BCUT2D eigenvalue weighted by Gasteiger charge is 2.69. The van der Waals surface area contributed by atoms with Crippen LogP contribution in [0.15, 0.2) is 11.1 Å². The summed E-state index contributed by atoms with van der Waals surface area (Å²) in [6, 6.07) is 0. The van der Waals surface area contributed by atoms with E-state index in [0.717, 1.165) is 30.3 Å². The minimum absolute atomic E-state index is 0.0137. The van der Waals surface area contributed by atoms with Gasteiger partial charge in [-0.1, -0.05) is 85.1 Å². The van der Waals surface area contributed by atoms with Gasteiger partial charge < -0.3 is 10.2 Å². The van der Waals surface area contributed by atoms with Crippen LogP contribution in [0.5, 0.6) is 0 Å². The molecule has 0 bridgehead atoms. The molecule has 0 aliphatic heterocycles. The van der Waals surface area contributed by atoms with Crippen molar-refractivity contribution in [1.82, 2.24) is 0 Å². The van der Waals surface area contributed by atoms with Crippen molar-refractivity contribution in [2.45, 2.75) is 138 Å². The molecule has 0 aromatic heterocycles. The van der Waals surface area contributed by atoms with Crippen LogP contribution in [-0.2, 0) is 4.79 Å². The lowest BCUT2D eigenvalue weighted by atomic mass is 9.35. The molecule has 0 aromatic carbocycles. The molecule has 37 heavy (non-hydrogen) atoms. The Balaban J connectivity index is 1.46. The molecular formula is C34H56O3. The van der Waals surface area contributed by atoms with Crippen LogP contribution in [-0.4, -0.2) is 28.2 Å². The van der Waals surface area contributed by atoms with Gasteiger partial charge in [0.05, 0.1) is 12.2 Å². The molecule has 210 valence electrons. The Kier molecular flexibility index (Phi) is 7.35. The average Bonchev–Trinajstić information content (AvgIpc) is 2.81. The van der Waals surface area contributed by atoms with Crippen LogP contribution in [0.2, 0.25) is 0 Å². The first-order valence-corrected chi connectivity index (χ1v) is 15.9. The van der Waals surface area contributed by atoms with Crippen molar-refractivity contribution < 1.29 is 15.0 Å². The molecular weight excluding hydrogens is 456 g/mol. The maximum absolute atomic E-state index is 12.6. The van der Waals surface area contributed by atoms with Crippen molar-refractivity contribution in [2.24, 2.45) is 57.7 Å². The largest absolute Gasteiger partial charge is 0.392 e. The molecule has 5 aliphatic carbocycles. The molecule has 0 heterocycles. The molecule has 3 heteroatoms. The lowest BCUT2D eigenvalue weighted by Gasteiger charge is -2.70. The molecule has 11 atom stereocenters. The SMILES string of the molecule is CC(=O)C1=C(C)CC2(C)CC3(C)CC4C(CCC5CCCCC5)CCC(C)C4C(O)C3C(C)C2(C)C1O. The van der Waals surface area contributed by atoms with E-state index in [-0.39, 0.29) is 34.6 Å². The van der Waals surface area contributed by atoms with Gasteiger partial charge in [-0.3, -0.25) is 4.79 Å². The zero-order valence-electron chi connectivity index (χ0n) is 25.0. The van der Waals surface area contributed by atoms with E-state index >= 15 is 0 Å². The first-order chi connectivity index (χ1) is 17.3. The van der Waals surface area contributed by atoms with Gasteiger partial charge in [-0.2, -0.15) is 0 Å². The van der Waals surface area contributed by atoms with Gasteiger partial charge in [-0.15, -0.1) is 0 Å². The number of hydrogen-bond acceptors (Lipinski definition) is 3. The highest BCUT2D eigenvalue weighted by Crippen LogP contribution is 2.72. The fraction of sp³-hybridized carbons (Fsp3) is 0.912. The second-order valence-electron chi connectivity index (χ2n) is 15.7. The fourth-order valence-corrected chi connectivity index (χ4v) is 11.8. The van der Waals surface area contributed by atoms with Gasteiger partial charge in [-0.25, -0.2) is 0 Å². The number of carbonyl (C=O) groups is 1. The van der Waals surface area contributed by atoms with Crippen molar-refractivity contribution in [3.63, 3.8) is 0 Å². The number of ketones is 1. The lowest BCUT2D eigenvalue weighted by Crippen LogP contribution is -2.68. The molecule has 0 amide bonds. The van der Waals surface area contributed by atoms with Crippen molar-refractivity contribution in [3.8, 4) is 0 Å². The standard InChI is InChI=1S/C34H56O3/c1-20-13-15-25(16-14-24-11-9-8-10-12-24)26-18-32(5)19-33(6)17-21(2)27(23(4)35)31(37)34(33,7)22(3)29(32)30(36)28(20)26/h20,22,24-26,28-31,36-37H,8-19H2,1-7H3. The average molecular weight is 513 g/mol. The van der Waals surface area contributed by atoms with E-state index in [2.05, 4.69) is 41.5 Å². The number of aliphatic hydroxyl groups is 2. The Morgan fingerprint density at radius 3 is 2.30 bits per heavy atom. The summed E-state index contributed by atoms with van der Waals surface area (Å²) in [4.78, 5) is 12.6. The van der Waals surface area contributed by atoms with Gasteiger partial charge in [0.25, 0.3) is 0 Å². The summed E-state index contributed by atoms with van der Waals surface area (Å²) in [5, 5.41) is 24.1. The Bertz CT molecular complexity index is 916. The molecule has 4 saturated carbocycles. The zero-order valence-corrected chi connectivity index (χ0v) is 25.0. The van der Waals surface area contributed by atoms with Crippen LogP contribution in [0.3, 0.4) is 0 Å². The van der Waals surface area contributed by atoms with Crippen molar-refractivity contribution in [1.29, 1.82) is 0 Å². The summed E-state index contributed by atoms with van der Waals surface area (Å²) >= 11 is 0. The maximum atomic E-state index is 12.6. The second kappa shape index (κ2) is 9.76. The fourth-order valence-electron chi connectivity index (χ4n) is 11.8. The predicted octanol–water partition coefficient (Wildman–Crippen LogP) is 7.74.